The Hall–Kier alpha value is -1.85. The summed E-state index contributed by atoms with van der Waals surface area (Å²) in [5.74, 6) is -0.638. The molecule has 0 saturated heterocycles. The maximum atomic E-state index is 12.3. The van der Waals surface area contributed by atoms with Gasteiger partial charge in [-0.05, 0) is 48.9 Å². The number of benzene rings is 1. The first kappa shape index (κ1) is 18.0. The largest absolute Gasteiger partial charge is 0.452 e. The molecule has 1 aliphatic carbocycles. The normalized spacial score (nSPS) is 13.2. The number of esters is 1. The smallest absolute Gasteiger partial charge is 0.339 e. The number of carbonyl (C=O) groups excluding carboxylic acids is 2. The Morgan fingerprint density at radius 3 is 2.88 bits per heavy atom. The Morgan fingerprint density at radius 2 is 2.08 bits per heavy atom. The maximum absolute atomic E-state index is 12.3. The van der Waals surface area contributed by atoms with Crippen LogP contribution in [0.5, 0.6) is 0 Å². The van der Waals surface area contributed by atoms with Gasteiger partial charge < -0.3 is 9.64 Å². The second-order valence-corrected chi connectivity index (χ2v) is 7.61. The standard InChI is InChI=1S/C19H20ClNO3S/c1-21(10-13-5-4-6-14(20)9-13)18(22)11-24-19(23)16-12-25-17-8-3-2-7-15(16)17/h4-6,9,12H,2-3,7-8,10-11H2,1H3. The van der Waals surface area contributed by atoms with Gasteiger partial charge in [0, 0.05) is 28.9 Å². The van der Waals surface area contributed by atoms with Crippen molar-refractivity contribution in [1.29, 1.82) is 0 Å². The summed E-state index contributed by atoms with van der Waals surface area (Å²) in [5, 5.41) is 2.49. The molecule has 0 saturated carbocycles. The summed E-state index contributed by atoms with van der Waals surface area (Å²) < 4.78 is 5.25. The van der Waals surface area contributed by atoms with Crippen molar-refractivity contribution in [2.24, 2.45) is 0 Å². The van der Waals surface area contributed by atoms with Crippen LogP contribution in [0.25, 0.3) is 0 Å². The van der Waals surface area contributed by atoms with E-state index in [1.165, 1.54) is 16.2 Å². The Bertz CT molecular complexity index is 787. The van der Waals surface area contributed by atoms with E-state index in [-0.39, 0.29) is 12.5 Å². The molecule has 25 heavy (non-hydrogen) atoms. The number of fused-ring (bicyclic) bond motifs is 1. The fourth-order valence-electron chi connectivity index (χ4n) is 2.98. The zero-order valence-electron chi connectivity index (χ0n) is 14.1. The molecule has 0 aliphatic heterocycles. The molecule has 0 spiro atoms. The third-order valence-electron chi connectivity index (χ3n) is 4.34. The van der Waals surface area contributed by atoms with Crippen molar-refractivity contribution in [2.45, 2.75) is 32.2 Å². The SMILES string of the molecule is CN(Cc1cccc(Cl)c1)C(=O)COC(=O)c1csc2c1CCCC2. The van der Waals surface area contributed by atoms with E-state index in [2.05, 4.69) is 0 Å². The number of nitrogens with zero attached hydrogens (tertiary/aromatic N) is 1. The molecule has 132 valence electrons. The fourth-order valence-corrected chi connectivity index (χ4v) is 4.31. The number of carbonyl (C=O) groups is 2. The highest BCUT2D eigenvalue weighted by Crippen LogP contribution is 2.30. The van der Waals surface area contributed by atoms with Crippen molar-refractivity contribution in [2.75, 3.05) is 13.7 Å². The van der Waals surface area contributed by atoms with Crippen LogP contribution in [0, 0.1) is 0 Å². The van der Waals surface area contributed by atoms with E-state index in [4.69, 9.17) is 16.3 Å². The number of ether oxygens (including phenoxy) is 1. The molecule has 0 radical (unpaired) electrons. The molecular formula is C19H20ClNO3S. The van der Waals surface area contributed by atoms with Crippen molar-refractivity contribution < 1.29 is 14.3 Å². The van der Waals surface area contributed by atoms with Gasteiger partial charge in [0.05, 0.1) is 5.56 Å². The minimum atomic E-state index is -0.399. The van der Waals surface area contributed by atoms with E-state index in [9.17, 15) is 9.59 Å². The second kappa shape index (κ2) is 8.02. The number of halogens is 1. The first-order valence-electron chi connectivity index (χ1n) is 8.29. The van der Waals surface area contributed by atoms with Gasteiger partial charge in [-0.1, -0.05) is 23.7 Å². The monoisotopic (exact) mass is 377 g/mol. The summed E-state index contributed by atoms with van der Waals surface area (Å²) in [4.78, 5) is 27.3. The molecule has 0 fully saturated rings. The van der Waals surface area contributed by atoms with Crippen molar-refractivity contribution in [1.82, 2.24) is 4.90 Å². The van der Waals surface area contributed by atoms with Crippen LogP contribution in [-0.4, -0.2) is 30.4 Å². The Labute approximate surface area is 156 Å². The molecule has 6 heteroatoms. The molecule has 1 aliphatic rings. The van der Waals surface area contributed by atoms with Crippen LogP contribution < -0.4 is 0 Å². The summed E-state index contributed by atoms with van der Waals surface area (Å²) in [5.41, 5.74) is 2.67. The fraction of sp³-hybridized carbons (Fsp3) is 0.368. The summed E-state index contributed by atoms with van der Waals surface area (Å²) in [7, 11) is 1.68. The van der Waals surface area contributed by atoms with Crippen LogP contribution in [0.3, 0.4) is 0 Å². The lowest BCUT2D eigenvalue weighted by Gasteiger charge is -2.17. The van der Waals surface area contributed by atoms with Gasteiger partial charge in [0.1, 0.15) is 0 Å². The predicted octanol–water partition coefficient (Wildman–Crippen LogP) is 4.10. The third kappa shape index (κ3) is 4.41. The number of hydrogen-bond donors (Lipinski definition) is 0. The summed E-state index contributed by atoms with van der Waals surface area (Å²) in [6, 6.07) is 7.35. The topological polar surface area (TPSA) is 46.6 Å². The van der Waals surface area contributed by atoms with Crippen molar-refractivity contribution in [3.05, 3.63) is 56.2 Å². The van der Waals surface area contributed by atoms with Crippen LogP contribution in [0.2, 0.25) is 5.02 Å². The van der Waals surface area contributed by atoms with E-state index in [1.807, 2.05) is 23.6 Å². The van der Waals surface area contributed by atoms with Crippen LogP contribution in [-0.2, 0) is 28.9 Å². The Balaban J connectivity index is 1.54. The number of likely N-dealkylation sites (N-methyl/N-ethyl adjacent to an activating group) is 1. The maximum Gasteiger partial charge on any atom is 0.339 e. The van der Waals surface area contributed by atoms with Crippen molar-refractivity contribution >= 4 is 34.8 Å². The van der Waals surface area contributed by atoms with Gasteiger partial charge in [-0.15, -0.1) is 11.3 Å². The minimum absolute atomic E-state index is 0.238. The van der Waals surface area contributed by atoms with Gasteiger partial charge >= 0.3 is 5.97 Å². The first-order chi connectivity index (χ1) is 12.0. The van der Waals surface area contributed by atoms with Crippen LogP contribution in [0.4, 0.5) is 0 Å². The minimum Gasteiger partial charge on any atom is -0.452 e. The molecule has 0 bridgehead atoms. The van der Waals surface area contributed by atoms with E-state index < -0.39 is 5.97 Å². The van der Waals surface area contributed by atoms with E-state index >= 15 is 0 Å². The lowest BCUT2D eigenvalue weighted by atomic mass is 9.96. The molecule has 4 nitrogen and oxygen atoms in total. The molecule has 0 unspecified atom stereocenters. The van der Waals surface area contributed by atoms with Gasteiger partial charge in [0.25, 0.3) is 5.91 Å². The van der Waals surface area contributed by atoms with Gasteiger partial charge in [-0.3, -0.25) is 4.79 Å². The number of hydrogen-bond acceptors (Lipinski definition) is 4. The highest BCUT2D eigenvalue weighted by molar-refractivity contribution is 7.10. The lowest BCUT2D eigenvalue weighted by Crippen LogP contribution is -2.30. The Kier molecular flexibility index (Phi) is 5.76. The zero-order valence-corrected chi connectivity index (χ0v) is 15.7. The van der Waals surface area contributed by atoms with Gasteiger partial charge in [0.2, 0.25) is 0 Å². The highest BCUT2D eigenvalue weighted by atomic mass is 35.5. The first-order valence-corrected chi connectivity index (χ1v) is 9.55. The molecule has 1 aromatic heterocycles. The molecular weight excluding hydrogens is 358 g/mol. The third-order valence-corrected chi connectivity index (χ3v) is 5.67. The molecule has 1 heterocycles. The quantitative estimate of drug-likeness (QED) is 0.737. The summed E-state index contributed by atoms with van der Waals surface area (Å²) in [6.07, 6.45) is 4.24. The van der Waals surface area contributed by atoms with Crippen molar-refractivity contribution in [3.63, 3.8) is 0 Å². The number of thiophene rings is 1. The molecule has 1 amide bonds. The van der Waals surface area contributed by atoms with Crippen LogP contribution in [0.15, 0.2) is 29.6 Å². The molecule has 2 aromatic rings. The zero-order chi connectivity index (χ0) is 17.8. The number of rotatable bonds is 5. The van der Waals surface area contributed by atoms with E-state index in [0.29, 0.717) is 17.1 Å². The second-order valence-electron chi connectivity index (χ2n) is 6.21. The molecule has 0 atom stereocenters. The van der Waals surface area contributed by atoms with Gasteiger partial charge in [-0.25, -0.2) is 4.79 Å². The van der Waals surface area contributed by atoms with Crippen molar-refractivity contribution in [3.8, 4) is 0 Å². The molecule has 0 N–H and O–H groups in total. The molecule has 1 aromatic carbocycles. The highest BCUT2D eigenvalue weighted by Gasteiger charge is 2.22. The van der Waals surface area contributed by atoms with Crippen LogP contribution >= 0.6 is 22.9 Å². The van der Waals surface area contributed by atoms with E-state index in [0.717, 1.165) is 30.4 Å². The van der Waals surface area contributed by atoms with E-state index in [1.54, 1.807) is 24.5 Å². The summed E-state index contributed by atoms with van der Waals surface area (Å²) >= 11 is 7.57. The molecule has 3 rings (SSSR count). The van der Waals surface area contributed by atoms with Crippen LogP contribution in [0.1, 0.15) is 39.2 Å². The van der Waals surface area contributed by atoms with Gasteiger partial charge in [-0.2, -0.15) is 0 Å². The average Bonchev–Trinajstić information content (AvgIpc) is 3.03. The van der Waals surface area contributed by atoms with Gasteiger partial charge in [0.15, 0.2) is 6.61 Å². The lowest BCUT2D eigenvalue weighted by molar-refractivity contribution is -0.133. The number of aryl methyl sites for hydroxylation is 1. The number of amides is 1. The summed E-state index contributed by atoms with van der Waals surface area (Å²) in [6.45, 7) is 0.172. The predicted molar refractivity (Wildman–Crippen MR) is 99.2 cm³/mol. The Morgan fingerprint density at radius 1 is 1.28 bits per heavy atom. The average molecular weight is 378 g/mol.